The van der Waals surface area contributed by atoms with Crippen LogP contribution < -0.4 is 5.73 Å². The maximum absolute atomic E-state index is 6.06. The van der Waals surface area contributed by atoms with Crippen molar-refractivity contribution in [3.8, 4) is 0 Å². The number of hydrogen-bond donors (Lipinski definition) is 1. The van der Waals surface area contributed by atoms with Gasteiger partial charge in [0, 0.05) is 29.9 Å². The van der Waals surface area contributed by atoms with Gasteiger partial charge in [0.25, 0.3) is 0 Å². The number of nitrogens with zero attached hydrogens (tertiary/aromatic N) is 2. The number of rotatable bonds is 4. The third-order valence-electron chi connectivity index (χ3n) is 3.57. The van der Waals surface area contributed by atoms with Crippen molar-refractivity contribution in [2.24, 2.45) is 5.73 Å². The van der Waals surface area contributed by atoms with Gasteiger partial charge in [-0.2, -0.15) is 0 Å². The predicted molar refractivity (Wildman–Crippen MR) is 72.8 cm³/mol. The first-order chi connectivity index (χ1) is 8.74. The normalized spacial score (nSPS) is 23.2. The van der Waals surface area contributed by atoms with Crippen molar-refractivity contribution < 1.29 is 4.74 Å². The van der Waals surface area contributed by atoms with Crippen LogP contribution in [-0.2, 0) is 11.3 Å². The molecule has 0 amide bonds. The highest BCUT2D eigenvalue weighted by Crippen LogP contribution is 2.44. The van der Waals surface area contributed by atoms with E-state index in [1.165, 1.54) is 28.4 Å². The van der Waals surface area contributed by atoms with Gasteiger partial charge in [-0.25, -0.2) is 4.98 Å². The summed E-state index contributed by atoms with van der Waals surface area (Å²) in [5, 5.41) is 1.23. The third-order valence-corrected chi connectivity index (χ3v) is 4.82. The van der Waals surface area contributed by atoms with Crippen molar-refractivity contribution in [1.82, 2.24) is 9.88 Å². The van der Waals surface area contributed by atoms with Crippen LogP contribution in [-0.4, -0.2) is 36.2 Å². The monoisotopic (exact) mass is 267 g/mol. The molecule has 0 spiro atoms. The lowest BCUT2D eigenvalue weighted by Crippen LogP contribution is -2.35. The smallest absolute Gasteiger partial charge is 0.107 e. The molecule has 1 aromatic rings. The Morgan fingerprint density at radius 1 is 1.44 bits per heavy atom. The van der Waals surface area contributed by atoms with E-state index in [0.29, 0.717) is 5.92 Å². The Labute approximate surface area is 112 Å². The van der Waals surface area contributed by atoms with E-state index in [-0.39, 0.29) is 6.04 Å². The molecule has 1 aliphatic carbocycles. The van der Waals surface area contributed by atoms with Crippen LogP contribution in [0.3, 0.4) is 0 Å². The van der Waals surface area contributed by atoms with Crippen molar-refractivity contribution in [3.05, 3.63) is 15.6 Å². The first-order valence-corrected chi connectivity index (χ1v) is 7.61. The minimum atomic E-state index is 0.122. The Hall–Kier alpha value is -0.490. The van der Waals surface area contributed by atoms with E-state index in [9.17, 15) is 0 Å². The van der Waals surface area contributed by atoms with Crippen LogP contribution in [0.4, 0.5) is 0 Å². The molecule has 1 saturated carbocycles. The molecule has 2 fully saturated rings. The zero-order chi connectivity index (χ0) is 12.5. The minimum Gasteiger partial charge on any atom is -0.379 e. The third kappa shape index (κ3) is 2.74. The summed E-state index contributed by atoms with van der Waals surface area (Å²) in [6.45, 7) is 6.76. The fourth-order valence-corrected chi connectivity index (χ4v) is 3.53. The maximum atomic E-state index is 6.06. The first-order valence-electron chi connectivity index (χ1n) is 6.79. The summed E-state index contributed by atoms with van der Waals surface area (Å²) in [6.07, 6.45) is 2.58. The van der Waals surface area contributed by atoms with E-state index in [0.717, 1.165) is 32.8 Å². The molecule has 0 aromatic carbocycles. The SMILES string of the molecule is CC(N)c1sc(CN2CCOCC2)nc1C1CC1. The van der Waals surface area contributed by atoms with Crippen LogP contribution in [0.15, 0.2) is 0 Å². The lowest BCUT2D eigenvalue weighted by molar-refractivity contribution is 0.0341. The summed E-state index contributed by atoms with van der Waals surface area (Å²) in [4.78, 5) is 8.57. The number of morpholine rings is 1. The van der Waals surface area contributed by atoms with Gasteiger partial charge in [-0.3, -0.25) is 4.90 Å². The number of ether oxygens (including phenoxy) is 1. The molecular weight excluding hydrogens is 246 g/mol. The Balaban J connectivity index is 1.73. The van der Waals surface area contributed by atoms with Gasteiger partial charge in [-0.15, -0.1) is 11.3 Å². The molecule has 2 aliphatic rings. The molecule has 2 heterocycles. The van der Waals surface area contributed by atoms with Crippen molar-refractivity contribution in [3.63, 3.8) is 0 Å². The van der Waals surface area contributed by atoms with Crippen LogP contribution in [0.25, 0.3) is 0 Å². The average molecular weight is 267 g/mol. The largest absolute Gasteiger partial charge is 0.379 e. The summed E-state index contributed by atoms with van der Waals surface area (Å²) in [5.74, 6) is 0.695. The van der Waals surface area contributed by atoms with E-state index in [1.54, 1.807) is 0 Å². The van der Waals surface area contributed by atoms with Crippen molar-refractivity contribution in [2.75, 3.05) is 26.3 Å². The molecule has 0 bridgehead atoms. The lowest BCUT2D eigenvalue weighted by Gasteiger charge is -2.25. The first kappa shape index (κ1) is 12.5. The van der Waals surface area contributed by atoms with Gasteiger partial charge >= 0.3 is 0 Å². The standard InChI is InChI=1S/C13H21N3OS/c1-9(14)13-12(10-2-3-10)15-11(18-13)8-16-4-6-17-7-5-16/h9-10H,2-8,14H2,1H3. The highest BCUT2D eigenvalue weighted by atomic mass is 32.1. The average Bonchev–Trinajstić information content (AvgIpc) is 3.12. The second kappa shape index (κ2) is 5.25. The highest BCUT2D eigenvalue weighted by molar-refractivity contribution is 7.11. The van der Waals surface area contributed by atoms with Gasteiger partial charge in [0.1, 0.15) is 5.01 Å². The van der Waals surface area contributed by atoms with E-state index < -0.39 is 0 Å². The predicted octanol–water partition coefficient (Wildman–Crippen LogP) is 1.87. The number of thiazole rings is 1. The second-order valence-electron chi connectivity index (χ2n) is 5.31. The molecular formula is C13H21N3OS. The summed E-state index contributed by atoms with van der Waals surface area (Å²) in [5.41, 5.74) is 7.35. The quantitative estimate of drug-likeness (QED) is 0.905. The summed E-state index contributed by atoms with van der Waals surface area (Å²) >= 11 is 1.81. The molecule has 2 N–H and O–H groups in total. The van der Waals surface area contributed by atoms with Crippen molar-refractivity contribution in [2.45, 2.75) is 38.3 Å². The van der Waals surface area contributed by atoms with Crippen molar-refractivity contribution in [1.29, 1.82) is 0 Å². The summed E-state index contributed by atoms with van der Waals surface area (Å²) in [7, 11) is 0. The molecule has 0 radical (unpaired) electrons. The summed E-state index contributed by atoms with van der Waals surface area (Å²) in [6, 6.07) is 0.122. The van der Waals surface area contributed by atoms with E-state index in [1.807, 2.05) is 11.3 Å². The van der Waals surface area contributed by atoms with Crippen LogP contribution in [0.5, 0.6) is 0 Å². The molecule has 4 nitrogen and oxygen atoms in total. The molecule has 1 saturated heterocycles. The van der Waals surface area contributed by atoms with Crippen LogP contribution in [0, 0.1) is 0 Å². The molecule has 1 aromatic heterocycles. The van der Waals surface area contributed by atoms with E-state index >= 15 is 0 Å². The molecule has 18 heavy (non-hydrogen) atoms. The van der Waals surface area contributed by atoms with Crippen LogP contribution >= 0.6 is 11.3 Å². The number of nitrogens with two attached hydrogens (primary N) is 1. The van der Waals surface area contributed by atoms with Crippen LogP contribution in [0.1, 0.15) is 47.3 Å². The van der Waals surface area contributed by atoms with Gasteiger partial charge in [-0.05, 0) is 19.8 Å². The highest BCUT2D eigenvalue weighted by Gasteiger charge is 2.30. The Bertz CT molecular complexity index is 389. The van der Waals surface area contributed by atoms with E-state index in [4.69, 9.17) is 15.5 Å². The molecule has 1 unspecified atom stereocenters. The van der Waals surface area contributed by atoms with Gasteiger partial charge < -0.3 is 10.5 Å². The van der Waals surface area contributed by atoms with Crippen molar-refractivity contribution >= 4 is 11.3 Å². The zero-order valence-electron chi connectivity index (χ0n) is 10.9. The molecule has 5 heteroatoms. The summed E-state index contributed by atoms with van der Waals surface area (Å²) < 4.78 is 5.37. The number of hydrogen-bond acceptors (Lipinski definition) is 5. The molecule has 1 aliphatic heterocycles. The number of aromatic nitrogens is 1. The Morgan fingerprint density at radius 3 is 2.78 bits per heavy atom. The van der Waals surface area contributed by atoms with Gasteiger partial charge in [-0.1, -0.05) is 0 Å². The van der Waals surface area contributed by atoms with Gasteiger partial charge in [0.2, 0.25) is 0 Å². The fourth-order valence-electron chi connectivity index (χ4n) is 2.39. The van der Waals surface area contributed by atoms with Gasteiger partial charge in [0.15, 0.2) is 0 Å². The zero-order valence-corrected chi connectivity index (χ0v) is 11.7. The Kier molecular flexibility index (Phi) is 3.66. The second-order valence-corrected chi connectivity index (χ2v) is 6.42. The topological polar surface area (TPSA) is 51.4 Å². The molecule has 3 rings (SSSR count). The lowest BCUT2D eigenvalue weighted by atomic mass is 10.2. The van der Waals surface area contributed by atoms with E-state index in [2.05, 4.69) is 11.8 Å². The van der Waals surface area contributed by atoms with Gasteiger partial charge in [0.05, 0.1) is 25.5 Å². The molecule has 100 valence electrons. The fraction of sp³-hybridized carbons (Fsp3) is 0.769. The molecule has 1 atom stereocenters. The minimum absolute atomic E-state index is 0.122. The van der Waals surface area contributed by atoms with Crippen LogP contribution in [0.2, 0.25) is 0 Å². The maximum Gasteiger partial charge on any atom is 0.107 e. The Morgan fingerprint density at radius 2 is 2.17 bits per heavy atom.